The molecule has 0 aromatic heterocycles. The minimum atomic E-state index is -0.908. The van der Waals surface area contributed by atoms with Gasteiger partial charge < -0.3 is 4.74 Å². The molecular weight excluding hydrogens is 374 g/mol. The Morgan fingerprint density at radius 1 is 0.966 bits per heavy atom. The lowest BCUT2D eigenvalue weighted by Gasteiger charge is -2.45. The monoisotopic (exact) mass is 398 g/mol. The summed E-state index contributed by atoms with van der Waals surface area (Å²) in [5.41, 5.74) is 2.05. The summed E-state index contributed by atoms with van der Waals surface area (Å²) in [6.07, 6.45) is 2.19. The van der Waals surface area contributed by atoms with Gasteiger partial charge in [-0.25, -0.2) is 13.6 Å². The van der Waals surface area contributed by atoms with Crippen LogP contribution in [0.15, 0.2) is 42.5 Å². The zero-order chi connectivity index (χ0) is 20.0. The number of fused-ring (bicyclic) bond motifs is 4. The molecule has 2 atom stereocenters. The largest absolute Gasteiger partial charge is 0.444 e. The lowest BCUT2D eigenvalue weighted by Crippen LogP contribution is -2.53. The van der Waals surface area contributed by atoms with Crippen molar-refractivity contribution < 1.29 is 18.3 Å². The van der Waals surface area contributed by atoms with Crippen molar-refractivity contribution in [1.29, 1.82) is 0 Å². The molecule has 4 nitrogen and oxygen atoms in total. The number of halogens is 2. The molecule has 0 N–H and O–H groups in total. The Labute approximate surface area is 169 Å². The van der Waals surface area contributed by atoms with E-state index in [9.17, 15) is 13.6 Å². The number of piperidine rings is 3. The SMILES string of the molecule is O=C(O[C@@H]1CN2CCC1CC2)N1CCc2ccccc2[C@H]1c1cccc(F)c1F. The van der Waals surface area contributed by atoms with Gasteiger partial charge in [0.2, 0.25) is 0 Å². The molecule has 4 aliphatic rings. The summed E-state index contributed by atoms with van der Waals surface area (Å²) < 4.78 is 34.7. The average molecular weight is 398 g/mol. The standard InChI is InChI=1S/C23H24F2N2O2/c24-19-7-3-6-18(21(19)25)22-17-5-2-1-4-15(17)10-13-27(22)23(28)29-20-14-26-11-8-16(20)9-12-26/h1-7,16,20,22H,8-14H2/t20-,22+/m1/s1. The Morgan fingerprint density at radius 3 is 2.48 bits per heavy atom. The molecule has 1 amide bonds. The van der Waals surface area contributed by atoms with Crippen molar-refractivity contribution in [2.45, 2.75) is 31.4 Å². The Bertz CT molecular complexity index is 927. The van der Waals surface area contributed by atoms with Crippen molar-refractivity contribution in [3.8, 4) is 0 Å². The third-order valence-electron chi connectivity index (χ3n) is 6.64. The van der Waals surface area contributed by atoms with Crippen molar-refractivity contribution in [3.05, 3.63) is 70.8 Å². The number of hydrogen-bond acceptors (Lipinski definition) is 3. The van der Waals surface area contributed by atoms with Gasteiger partial charge in [-0.1, -0.05) is 36.4 Å². The van der Waals surface area contributed by atoms with E-state index in [0.717, 1.165) is 49.7 Å². The second kappa shape index (κ2) is 7.41. The Kier molecular flexibility index (Phi) is 4.74. The topological polar surface area (TPSA) is 32.8 Å². The highest BCUT2D eigenvalue weighted by atomic mass is 19.2. The fraction of sp³-hybridized carbons (Fsp3) is 0.435. The molecule has 6 rings (SSSR count). The van der Waals surface area contributed by atoms with Crippen molar-refractivity contribution in [2.75, 3.05) is 26.2 Å². The summed E-state index contributed by atoms with van der Waals surface area (Å²) in [6.45, 7) is 3.30. The number of carbonyl (C=O) groups excluding carboxylic acids is 1. The first kappa shape index (κ1) is 18.6. The second-order valence-corrected chi connectivity index (χ2v) is 8.25. The molecule has 2 bridgehead atoms. The summed E-state index contributed by atoms with van der Waals surface area (Å²) in [5, 5.41) is 0. The van der Waals surface area contributed by atoms with Crippen LogP contribution >= 0.6 is 0 Å². The zero-order valence-electron chi connectivity index (χ0n) is 16.2. The maximum absolute atomic E-state index is 14.7. The van der Waals surface area contributed by atoms with Crippen LogP contribution < -0.4 is 0 Å². The molecule has 0 unspecified atom stereocenters. The summed E-state index contributed by atoms with van der Waals surface area (Å²) >= 11 is 0. The van der Waals surface area contributed by atoms with Gasteiger partial charge in [0.05, 0.1) is 6.04 Å². The van der Waals surface area contributed by atoms with Crippen LogP contribution in [0.5, 0.6) is 0 Å². The third kappa shape index (κ3) is 3.29. The molecule has 2 aromatic rings. The fourth-order valence-corrected chi connectivity index (χ4v) is 5.07. The molecule has 0 radical (unpaired) electrons. The Balaban J connectivity index is 1.48. The average Bonchev–Trinajstić information content (AvgIpc) is 2.76. The van der Waals surface area contributed by atoms with E-state index in [0.29, 0.717) is 18.9 Å². The molecule has 3 saturated heterocycles. The van der Waals surface area contributed by atoms with Gasteiger partial charge in [-0.15, -0.1) is 0 Å². The highest BCUT2D eigenvalue weighted by Crippen LogP contribution is 2.38. The van der Waals surface area contributed by atoms with Gasteiger partial charge in [-0.2, -0.15) is 0 Å². The predicted octanol–water partition coefficient (Wildman–Crippen LogP) is 4.14. The second-order valence-electron chi connectivity index (χ2n) is 8.25. The first-order chi connectivity index (χ1) is 14.1. The van der Waals surface area contributed by atoms with Crippen LogP contribution in [-0.2, 0) is 11.2 Å². The van der Waals surface area contributed by atoms with Crippen LogP contribution in [-0.4, -0.2) is 48.2 Å². The van der Waals surface area contributed by atoms with E-state index in [-0.39, 0.29) is 11.7 Å². The molecule has 6 heteroatoms. The van der Waals surface area contributed by atoms with Crippen LogP contribution in [0.2, 0.25) is 0 Å². The summed E-state index contributed by atoms with van der Waals surface area (Å²) in [4.78, 5) is 17.1. The van der Waals surface area contributed by atoms with Gasteiger partial charge in [-0.3, -0.25) is 9.80 Å². The highest BCUT2D eigenvalue weighted by molar-refractivity contribution is 5.70. The van der Waals surface area contributed by atoms with E-state index in [4.69, 9.17) is 4.74 Å². The van der Waals surface area contributed by atoms with Crippen molar-refractivity contribution in [1.82, 2.24) is 9.80 Å². The van der Waals surface area contributed by atoms with E-state index in [2.05, 4.69) is 4.90 Å². The van der Waals surface area contributed by atoms with Crippen LogP contribution in [0.1, 0.15) is 35.6 Å². The number of rotatable bonds is 2. The zero-order valence-corrected chi connectivity index (χ0v) is 16.2. The van der Waals surface area contributed by atoms with E-state index in [1.165, 1.54) is 6.07 Å². The first-order valence-electron chi connectivity index (χ1n) is 10.3. The van der Waals surface area contributed by atoms with Crippen molar-refractivity contribution >= 4 is 6.09 Å². The Morgan fingerprint density at radius 2 is 1.72 bits per heavy atom. The van der Waals surface area contributed by atoms with Gasteiger partial charge in [0, 0.05) is 18.7 Å². The number of benzene rings is 2. The van der Waals surface area contributed by atoms with Gasteiger partial charge in [0.1, 0.15) is 6.10 Å². The van der Waals surface area contributed by atoms with Crippen LogP contribution in [0.3, 0.4) is 0 Å². The normalized spacial score (nSPS) is 28.1. The van der Waals surface area contributed by atoms with Gasteiger partial charge in [-0.05, 0) is 55.5 Å². The summed E-state index contributed by atoms with van der Waals surface area (Å²) in [5.74, 6) is -1.42. The molecule has 0 spiro atoms. The molecule has 3 fully saturated rings. The van der Waals surface area contributed by atoms with E-state index < -0.39 is 23.8 Å². The molecule has 4 heterocycles. The number of ether oxygens (including phenoxy) is 1. The van der Waals surface area contributed by atoms with Gasteiger partial charge in [0.25, 0.3) is 0 Å². The van der Waals surface area contributed by atoms with Gasteiger partial charge >= 0.3 is 6.09 Å². The van der Waals surface area contributed by atoms with E-state index >= 15 is 0 Å². The number of carbonyl (C=O) groups is 1. The molecular formula is C23H24F2N2O2. The molecule has 0 saturated carbocycles. The quantitative estimate of drug-likeness (QED) is 0.762. The maximum atomic E-state index is 14.7. The lowest BCUT2D eigenvalue weighted by molar-refractivity contribution is -0.0463. The minimum Gasteiger partial charge on any atom is -0.444 e. The minimum absolute atomic E-state index is 0.125. The fourth-order valence-electron chi connectivity index (χ4n) is 5.07. The number of amides is 1. The van der Waals surface area contributed by atoms with Gasteiger partial charge in [0.15, 0.2) is 11.6 Å². The first-order valence-corrected chi connectivity index (χ1v) is 10.3. The lowest BCUT2D eigenvalue weighted by atomic mass is 9.86. The summed E-state index contributed by atoms with van der Waals surface area (Å²) in [7, 11) is 0. The maximum Gasteiger partial charge on any atom is 0.410 e. The smallest absolute Gasteiger partial charge is 0.410 e. The molecule has 4 aliphatic heterocycles. The van der Waals surface area contributed by atoms with Crippen LogP contribution in [0.4, 0.5) is 13.6 Å². The molecule has 2 aromatic carbocycles. The van der Waals surface area contributed by atoms with Crippen molar-refractivity contribution in [3.63, 3.8) is 0 Å². The number of nitrogens with zero attached hydrogens (tertiary/aromatic N) is 2. The third-order valence-corrected chi connectivity index (χ3v) is 6.64. The molecule has 0 aliphatic carbocycles. The molecule has 29 heavy (non-hydrogen) atoms. The predicted molar refractivity (Wildman–Crippen MR) is 104 cm³/mol. The number of hydrogen-bond donors (Lipinski definition) is 0. The van der Waals surface area contributed by atoms with E-state index in [1.54, 1.807) is 11.0 Å². The van der Waals surface area contributed by atoms with E-state index in [1.807, 2.05) is 24.3 Å². The van der Waals surface area contributed by atoms with Crippen LogP contribution in [0.25, 0.3) is 0 Å². The van der Waals surface area contributed by atoms with Crippen LogP contribution in [0, 0.1) is 17.6 Å². The molecule has 152 valence electrons. The summed E-state index contributed by atoms with van der Waals surface area (Å²) in [6, 6.07) is 11.1. The Hall–Kier alpha value is -2.47. The highest BCUT2D eigenvalue weighted by Gasteiger charge is 2.40. The van der Waals surface area contributed by atoms with Crippen molar-refractivity contribution in [2.24, 2.45) is 5.92 Å².